The third-order valence-corrected chi connectivity index (χ3v) is 4.33. The first-order valence-corrected chi connectivity index (χ1v) is 9.22. The van der Waals surface area contributed by atoms with E-state index in [4.69, 9.17) is 0 Å². The average molecular weight is 312 g/mol. The van der Waals surface area contributed by atoms with Crippen LogP contribution in [0.5, 0.6) is 0 Å². The van der Waals surface area contributed by atoms with Crippen LogP contribution in [0.25, 0.3) is 0 Å². The van der Waals surface area contributed by atoms with Crippen molar-refractivity contribution in [2.45, 2.75) is 71.1 Å². The minimum atomic E-state index is 0.485. The van der Waals surface area contributed by atoms with Crippen molar-refractivity contribution >= 4 is 6.29 Å². The monoisotopic (exact) mass is 311 g/mol. The summed E-state index contributed by atoms with van der Waals surface area (Å²) in [5.74, 6) is 0. The van der Waals surface area contributed by atoms with E-state index in [1.807, 2.05) is 0 Å². The lowest BCUT2D eigenvalue weighted by Gasteiger charge is -2.30. The fourth-order valence-electron chi connectivity index (χ4n) is 2.70. The molecule has 0 aliphatic heterocycles. The van der Waals surface area contributed by atoms with Gasteiger partial charge in [-0.25, -0.2) is 0 Å². The lowest BCUT2D eigenvalue weighted by atomic mass is 10.1. The third kappa shape index (κ3) is 14.1. The highest BCUT2D eigenvalue weighted by atomic mass is 16.1. The fourth-order valence-corrected chi connectivity index (χ4v) is 2.70. The number of allylic oxidation sites excluding steroid dienone is 1. The number of quaternary nitrogens is 1. The molecular formula is C19H39N2O+. The van der Waals surface area contributed by atoms with Gasteiger partial charge < -0.3 is 9.80 Å². The van der Waals surface area contributed by atoms with Gasteiger partial charge in [0.2, 0.25) is 0 Å². The zero-order valence-corrected chi connectivity index (χ0v) is 15.3. The van der Waals surface area contributed by atoms with Crippen LogP contribution in [0, 0.1) is 0 Å². The summed E-state index contributed by atoms with van der Waals surface area (Å²) in [5.41, 5.74) is 0.485. The Morgan fingerprint density at radius 2 is 1.41 bits per heavy atom. The van der Waals surface area contributed by atoms with Crippen LogP contribution < -0.4 is 5.32 Å². The van der Waals surface area contributed by atoms with E-state index in [0.717, 1.165) is 23.9 Å². The molecule has 0 atom stereocenters. The number of aldehydes is 1. The standard InChI is InChI=1S/C19H39N2O/c1-5-6-7-8-9-10-11-12-13-14-16-21(3,4)17-15-20-19(2)18-22/h18,20H,2,5-17H2,1,3-4H3/q+1. The summed E-state index contributed by atoms with van der Waals surface area (Å²) in [6.07, 6.45) is 14.7. The van der Waals surface area contributed by atoms with Gasteiger partial charge in [-0.3, -0.25) is 4.79 Å². The van der Waals surface area contributed by atoms with Gasteiger partial charge >= 0.3 is 0 Å². The smallest absolute Gasteiger partial charge is 0.165 e. The topological polar surface area (TPSA) is 29.1 Å². The molecule has 0 amide bonds. The molecule has 0 bridgehead atoms. The lowest BCUT2D eigenvalue weighted by Crippen LogP contribution is -2.45. The van der Waals surface area contributed by atoms with Gasteiger partial charge in [-0.2, -0.15) is 0 Å². The van der Waals surface area contributed by atoms with Crippen molar-refractivity contribution in [1.82, 2.24) is 5.32 Å². The highest BCUT2D eigenvalue weighted by Gasteiger charge is 2.13. The van der Waals surface area contributed by atoms with Crippen LogP contribution in [0.2, 0.25) is 0 Å². The van der Waals surface area contributed by atoms with Gasteiger partial charge in [0.1, 0.15) is 0 Å². The normalized spacial score (nSPS) is 11.4. The van der Waals surface area contributed by atoms with Gasteiger partial charge in [0, 0.05) is 0 Å². The fraction of sp³-hybridized carbons (Fsp3) is 0.842. The highest BCUT2D eigenvalue weighted by Crippen LogP contribution is 2.11. The zero-order chi connectivity index (χ0) is 16.7. The van der Waals surface area contributed by atoms with Crippen molar-refractivity contribution in [3.8, 4) is 0 Å². The zero-order valence-electron chi connectivity index (χ0n) is 15.3. The second kappa shape index (κ2) is 13.8. The molecule has 0 aliphatic carbocycles. The lowest BCUT2D eigenvalue weighted by molar-refractivity contribution is -0.889. The number of rotatable bonds is 16. The Balaban J connectivity index is 3.41. The maximum absolute atomic E-state index is 10.5. The summed E-state index contributed by atoms with van der Waals surface area (Å²) < 4.78 is 1.01. The molecule has 130 valence electrons. The molecule has 0 radical (unpaired) electrons. The second-order valence-electron chi connectivity index (χ2n) is 7.13. The second-order valence-corrected chi connectivity index (χ2v) is 7.13. The first-order valence-electron chi connectivity index (χ1n) is 9.22. The van der Waals surface area contributed by atoms with Crippen LogP contribution in [-0.2, 0) is 4.79 Å². The number of nitrogens with one attached hydrogen (secondary N) is 1. The molecule has 1 N–H and O–H groups in total. The largest absolute Gasteiger partial charge is 0.377 e. The van der Waals surface area contributed by atoms with Crippen LogP contribution in [0.3, 0.4) is 0 Å². The number of likely N-dealkylation sites (N-methyl/N-ethyl adjacent to an activating group) is 1. The Kier molecular flexibility index (Phi) is 13.3. The Morgan fingerprint density at radius 3 is 1.91 bits per heavy atom. The van der Waals surface area contributed by atoms with E-state index in [-0.39, 0.29) is 0 Å². The number of hydrogen-bond donors (Lipinski definition) is 1. The summed E-state index contributed by atoms with van der Waals surface area (Å²) >= 11 is 0. The van der Waals surface area contributed by atoms with Gasteiger partial charge in [0.05, 0.1) is 39.4 Å². The van der Waals surface area contributed by atoms with E-state index in [9.17, 15) is 4.79 Å². The quantitative estimate of drug-likeness (QED) is 0.199. The van der Waals surface area contributed by atoms with Gasteiger partial charge in [-0.1, -0.05) is 64.9 Å². The minimum absolute atomic E-state index is 0.485. The summed E-state index contributed by atoms with van der Waals surface area (Å²) in [6, 6.07) is 0. The van der Waals surface area contributed by atoms with E-state index in [0.29, 0.717) is 5.70 Å². The SMILES string of the molecule is C=C(C=O)NCC[N+](C)(C)CCCCCCCCCCCC. The number of nitrogens with zero attached hydrogens (tertiary/aromatic N) is 1. The summed E-state index contributed by atoms with van der Waals surface area (Å²) in [7, 11) is 4.53. The van der Waals surface area contributed by atoms with Crippen LogP contribution in [0.15, 0.2) is 12.3 Å². The van der Waals surface area contributed by atoms with Gasteiger partial charge in [0.15, 0.2) is 6.29 Å². The number of hydrogen-bond acceptors (Lipinski definition) is 2. The molecule has 0 aromatic rings. The van der Waals surface area contributed by atoms with Crippen molar-refractivity contribution < 1.29 is 9.28 Å². The molecule has 22 heavy (non-hydrogen) atoms. The minimum Gasteiger partial charge on any atom is -0.377 e. The highest BCUT2D eigenvalue weighted by molar-refractivity contribution is 5.70. The maximum Gasteiger partial charge on any atom is 0.165 e. The molecule has 0 rings (SSSR count). The van der Waals surface area contributed by atoms with Gasteiger partial charge in [-0.15, -0.1) is 0 Å². The number of carbonyl (C=O) groups excluding carboxylic acids is 1. The maximum atomic E-state index is 10.5. The first-order chi connectivity index (χ1) is 10.5. The number of carbonyl (C=O) groups is 1. The molecule has 0 saturated carbocycles. The molecule has 3 heteroatoms. The first kappa shape index (κ1) is 21.2. The van der Waals surface area contributed by atoms with Crippen LogP contribution in [-0.4, -0.2) is 44.5 Å². The van der Waals surface area contributed by atoms with Crippen LogP contribution in [0.1, 0.15) is 71.1 Å². The van der Waals surface area contributed by atoms with Crippen molar-refractivity contribution in [3.05, 3.63) is 12.3 Å². The van der Waals surface area contributed by atoms with Crippen molar-refractivity contribution in [1.29, 1.82) is 0 Å². The van der Waals surface area contributed by atoms with Gasteiger partial charge in [-0.05, 0) is 12.8 Å². The van der Waals surface area contributed by atoms with Crippen LogP contribution >= 0.6 is 0 Å². The molecule has 0 spiro atoms. The predicted molar refractivity (Wildman–Crippen MR) is 96.9 cm³/mol. The Morgan fingerprint density at radius 1 is 0.909 bits per heavy atom. The predicted octanol–water partition coefficient (Wildman–Crippen LogP) is 4.29. The van der Waals surface area contributed by atoms with Gasteiger partial charge in [0.25, 0.3) is 0 Å². The van der Waals surface area contributed by atoms with Crippen LogP contribution in [0.4, 0.5) is 0 Å². The van der Waals surface area contributed by atoms with E-state index >= 15 is 0 Å². The van der Waals surface area contributed by atoms with Crippen molar-refractivity contribution in [2.24, 2.45) is 0 Å². The Hall–Kier alpha value is -0.830. The molecule has 0 aliphatic rings. The molecule has 0 aromatic heterocycles. The van der Waals surface area contributed by atoms with E-state index in [1.165, 1.54) is 70.8 Å². The molecule has 0 fully saturated rings. The number of unbranched alkanes of at least 4 members (excludes halogenated alkanes) is 9. The van der Waals surface area contributed by atoms with E-state index < -0.39 is 0 Å². The Bertz CT molecular complexity index is 287. The summed E-state index contributed by atoms with van der Waals surface area (Å²) in [4.78, 5) is 10.5. The molecule has 0 unspecified atom stereocenters. The molecular weight excluding hydrogens is 272 g/mol. The third-order valence-electron chi connectivity index (χ3n) is 4.33. The Labute approximate surface area is 138 Å². The summed E-state index contributed by atoms with van der Waals surface area (Å²) in [5, 5.41) is 3.05. The molecule has 3 nitrogen and oxygen atoms in total. The van der Waals surface area contributed by atoms with E-state index in [1.54, 1.807) is 0 Å². The summed E-state index contributed by atoms with van der Waals surface area (Å²) in [6.45, 7) is 8.97. The molecule has 0 saturated heterocycles. The van der Waals surface area contributed by atoms with E-state index in [2.05, 4.69) is 32.9 Å². The molecule has 0 aromatic carbocycles. The molecule has 0 heterocycles. The average Bonchev–Trinajstić information content (AvgIpc) is 2.48. The van der Waals surface area contributed by atoms with Crippen molar-refractivity contribution in [2.75, 3.05) is 33.7 Å². The van der Waals surface area contributed by atoms with Crippen molar-refractivity contribution in [3.63, 3.8) is 0 Å².